The van der Waals surface area contributed by atoms with Crippen molar-refractivity contribution >= 4 is 23.6 Å². The Labute approximate surface area is 165 Å². The quantitative estimate of drug-likeness (QED) is 0.337. The molecule has 0 aliphatic heterocycles. The molecule has 0 aliphatic carbocycles. The van der Waals surface area contributed by atoms with E-state index >= 15 is 0 Å². The molecule has 3 aromatic rings. The van der Waals surface area contributed by atoms with E-state index in [1.54, 1.807) is 42.2 Å². The molecule has 0 saturated heterocycles. The predicted molar refractivity (Wildman–Crippen MR) is 103 cm³/mol. The number of aryl methyl sites for hydroxylation is 1. The summed E-state index contributed by atoms with van der Waals surface area (Å²) in [4.78, 5) is 24.0. The van der Waals surface area contributed by atoms with Crippen LogP contribution < -0.4 is 15.5 Å². The highest BCUT2D eigenvalue weighted by molar-refractivity contribution is 6.07. The molecule has 2 amide bonds. The maximum absolute atomic E-state index is 13.6. The van der Waals surface area contributed by atoms with Gasteiger partial charge in [-0.25, -0.2) is 9.87 Å². The minimum absolute atomic E-state index is 0.243. The van der Waals surface area contributed by atoms with Crippen LogP contribution in [0.5, 0.6) is 11.5 Å². The largest absolute Gasteiger partial charge is 0.453 e. The number of amides is 2. The molecule has 0 aliphatic rings. The lowest BCUT2D eigenvalue weighted by atomic mass is 10.1. The van der Waals surface area contributed by atoms with E-state index in [2.05, 4.69) is 10.4 Å². The summed E-state index contributed by atoms with van der Waals surface area (Å²) in [7, 11) is 1.74. The number of benzene rings is 2. The third kappa shape index (κ3) is 5.05. The number of carbonyl (C=O) groups is 2. The van der Waals surface area contributed by atoms with Gasteiger partial charge in [0.15, 0.2) is 5.75 Å². The summed E-state index contributed by atoms with van der Waals surface area (Å²) in [5.74, 6) is -1.04. The Hall–Kier alpha value is -3.98. The SMILES string of the molecule is Cn1cc(Oc2ccccc2C(=O)Nc2ccc(F)cc2/C=C/C(=O)NO)cn1. The van der Waals surface area contributed by atoms with Gasteiger partial charge >= 0.3 is 0 Å². The molecule has 0 bridgehead atoms. The molecular formula is C20H17FN4O4. The van der Waals surface area contributed by atoms with Crippen LogP contribution in [0, 0.1) is 5.82 Å². The number of anilines is 1. The minimum Gasteiger partial charge on any atom is -0.453 e. The van der Waals surface area contributed by atoms with E-state index in [1.165, 1.54) is 29.9 Å². The molecule has 0 saturated carbocycles. The highest BCUT2D eigenvalue weighted by Crippen LogP contribution is 2.26. The summed E-state index contributed by atoms with van der Waals surface area (Å²) in [6, 6.07) is 10.3. The number of rotatable bonds is 6. The molecule has 2 aromatic carbocycles. The van der Waals surface area contributed by atoms with Gasteiger partial charge in [0.2, 0.25) is 0 Å². The number of hydrogen-bond donors (Lipinski definition) is 3. The van der Waals surface area contributed by atoms with Gasteiger partial charge in [0, 0.05) is 24.4 Å². The minimum atomic E-state index is -0.790. The molecule has 3 rings (SSSR count). The molecule has 1 heterocycles. The van der Waals surface area contributed by atoms with Crippen molar-refractivity contribution in [3.05, 3.63) is 77.9 Å². The van der Waals surface area contributed by atoms with E-state index < -0.39 is 17.6 Å². The predicted octanol–water partition coefficient (Wildman–Crippen LogP) is 3.12. The average molecular weight is 396 g/mol. The fraction of sp³-hybridized carbons (Fsp3) is 0.0500. The van der Waals surface area contributed by atoms with Gasteiger partial charge in [-0.3, -0.25) is 19.5 Å². The van der Waals surface area contributed by atoms with Crippen LogP contribution in [0.25, 0.3) is 6.08 Å². The zero-order chi connectivity index (χ0) is 20.8. The third-order valence-corrected chi connectivity index (χ3v) is 3.83. The first kappa shape index (κ1) is 19.8. The first-order chi connectivity index (χ1) is 14.0. The number of nitrogens with zero attached hydrogens (tertiary/aromatic N) is 2. The van der Waals surface area contributed by atoms with Crippen LogP contribution >= 0.6 is 0 Å². The van der Waals surface area contributed by atoms with E-state index in [0.717, 1.165) is 12.1 Å². The fourth-order valence-corrected chi connectivity index (χ4v) is 2.50. The van der Waals surface area contributed by atoms with Crippen molar-refractivity contribution < 1.29 is 23.9 Å². The van der Waals surface area contributed by atoms with E-state index in [0.29, 0.717) is 11.5 Å². The summed E-state index contributed by atoms with van der Waals surface area (Å²) in [5, 5.41) is 15.3. The number of hydrogen-bond acceptors (Lipinski definition) is 5. The number of para-hydroxylation sites is 1. The fourth-order valence-electron chi connectivity index (χ4n) is 2.50. The maximum Gasteiger partial charge on any atom is 0.267 e. The summed E-state index contributed by atoms with van der Waals surface area (Å²) >= 11 is 0. The molecule has 0 unspecified atom stereocenters. The average Bonchev–Trinajstić information content (AvgIpc) is 3.12. The Morgan fingerprint density at radius 2 is 2.03 bits per heavy atom. The molecule has 8 nitrogen and oxygen atoms in total. The van der Waals surface area contributed by atoms with E-state index in [9.17, 15) is 14.0 Å². The van der Waals surface area contributed by atoms with Crippen molar-refractivity contribution in [2.75, 3.05) is 5.32 Å². The molecule has 1 aromatic heterocycles. The van der Waals surface area contributed by atoms with Gasteiger partial charge in [-0.2, -0.15) is 5.10 Å². The molecule has 9 heteroatoms. The Morgan fingerprint density at radius 3 is 2.76 bits per heavy atom. The lowest BCUT2D eigenvalue weighted by molar-refractivity contribution is -0.124. The number of nitrogens with one attached hydrogen (secondary N) is 2. The van der Waals surface area contributed by atoms with Crippen molar-refractivity contribution in [3.63, 3.8) is 0 Å². The lowest BCUT2D eigenvalue weighted by Gasteiger charge is -2.12. The van der Waals surface area contributed by atoms with Crippen molar-refractivity contribution in [1.82, 2.24) is 15.3 Å². The number of carbonyl (C=O) groups excluding carboxylic acids is 2. The second-order valence-electron chi connectivity index (χ2n) is 5.94. The van der Waals surface area contributed by atoms with Crippen LogP contribution in [-0.2, 0) is 11.8 Å². The van der Waals surface area contributed by atoms with Gasteiger partial charge in [0.05, 0.1) is 18.0 Å². The van der Waals surface area contributed by atoms with E-state index in [-0.39, 0.29) is 16.8 Å². The van der Waals surface area contributed by atoms with E-state index in [1.807, 2.05) is 0 Å². The van der Waals surface area contributed by atoms with Crippen molar-refractivity contribution in [2.45, 2.75) is 0 Å². The number of halogens is 1. The second kappa shape index (κ2) is 8.81. The molecule has 0 spiro atoms. The van der Waals surface area contributed by atoms with Gasteiger partial charge in [-0.05, 0) is 36.4 Å². The Morgan fingerprint density at radius 1 is 1.24 bits per heavy atom. The summed E-state index contributed by atoms with van der Waals surface area (Å²) in [6.07, 6.45) is 5.44. The molecule has 0 radical (unpaired) electrons. The number of ether oxygens (including phenoxy) is 1. The van der Waals surface area contributed by atoms with Crippen LogP contribution in [-0.4, -0.2) is 26.8 Å². The highest BCUT2D eigenvalue weighted by atomic mass is 19.1. The first-order valence-corrected chi connectivity index (χ1v) is 8.45. The van der Waals surface area contributed by atoms with Crippen LogP contribution in [0.4, 0.5) is 10.1 Å². The van der Waals surface area contributed by atoms with Crippen LogP contribution in [0.2, 0.25) is 0 Å². The Balaban J connectivity index is 1.86. The number of hydroxylamine groups is 1. The zero-order valence-electron chi connectivity index (χ0n) is 15.3. The first-order valence-electron chi connectivity index (χ1n) is 8.45. The third-order valence-electron chi connectivity index (χ3n) is 3.83. The normalized spacial score (nSPS) is 10.7. The molecule has 29 heavy (non-hydrogen) atoms. The van der Waals surface area contributed by atoms with Crippen LogP contribution in [0.1, 0.15) is 15.9 Å². The van der Waals surface area contributed by atoms with Crippen LogP contribution in [0.15, 0.2) is 60.9 Å². The van der Waals surface area contributed by atoms with Gasteiger partial charge in [0.25, 0.3) is 11.8 Å². The molecule has 3 N–H and O–H groups in total. The lowest BCUT2D eigenvalue weighted by Crippen LogP contribution is -2.15. The van der Waals surface area contributed by atoms with Gasteiger partial charge in [-0.15, -0.1) is 0 Å². The standard InChI is InChI=1S/C20H17FN4O4/c1-25-12-15(11-22-25)29-18-5-3-2-4-16(18)20(27)23-17-8-7-14(21)10-13(17)6-9-19(26)24-28/h2-12,28H,1H3,(H,23,27)(H,24,26)/b9-6+. The summed E-state index contributed by atoms with van der Waals surface area (Å²) in [5.41, 5.74) is 2.21. The smallest absolute Gasteiger partial charge is 0.267 e. The van der Waals surface area contributed by atoms with Crippen molar-refractivity contribution in [1.29, 1.82) is 0 Å². The molecular weight excluding hydrogens is 379 g/mol. The van der Waals surface area contributed by atoms with Gasteiger partial charge in [0.1, 0.15) is 11.6 Å². The number of aromatic nitrogens is 2. The molecule has 0 fully saturated rings. The molecule has 148 valence electrons. The van der Waals surface area contributed by atoms with Gasteiger partial charge < -0.3 is 10.1 Å². The van der Waals surface area contributed by atoms with Crippen molar-refractivity contribution in [2.24, 2.45) is 7.05 Å². The zero-order valence-corrected chi connectivity index (χ0v) is 15.3. The van der Waals surface area contributed by atoms with Crippen LogP contribution in [0.3, 0.4) is 0 Å². The van der Waals surface area contributed by atoms with E-state index in [4.69, 9.17) is 9.94 Å². The Kier molecular flexibility index (Phi) is 6.00. The van der Waals surface area contributed by atoms with Gasteiger partial charge in [-0.1, -0.05) is 12.1 Å². The highest BCUT2D eigenvalue weighted by Gasteiger charge is 2.15. The Bertz CT molecular complexity index is 1080. The summed E-state index contributed by atoms with van der Waals surface area (Å²) < 4.78 is 20.9. The topological polar surface area (TPSA) is 105 Å². The van der Waals surface area contributed by atoms with Crippen molar-refractivity contribution in [3.8, 4) is 11.5 Å². The second-order valence-corrected chi connectivity index (χ2v) is 5.94. The maximum atomic E-state index is 13.6. The monoisotopic (exact) mass is 396 g/mol. The summed E-state index contributed by atoms with van der Waals surface area (Å²) in [6.45, 7) is 0. The molecule has 0 atom stereocenters.